The van der Waals surface area contributed by atoms with Gasteiger partial charge in [-0.3, -0.25) is 9.11 Å². The minimum Gasteiger partial charge on any atom is -0.394 e. The van der Waals surface area contributed by atoms with Gasteiger partial charge in [0, 0.05) is 5.92 Å². The molecular weight excluding hydrogens is 322 g/mol. The quantitative estimate of drug-likeness (QED) is 0.331. The van der Waals surface area contributed by atoms with E-state index in [0.717, 1.165) is 0 Å². The fourth-order valence-corrected chi connectivity index (χ4v) is 3.05. The summed E-state index contributed by atoms with van der Waals surface area (Å²) in [5, 5.41) is 18.6. The molecule has 1 rings (SSSR count). The Morgan fingerprint density at radius 1 is 1.25 bits per heavy atom. The van der Waals surface area contributed by atoms with Crippen LogP contribution in [0.2, 0.25) is 0 Å². The Balaban J connectivity index is 3.09. The molecule has 0 aromatic heterocycles. The molecular formula is C7H15NO10S2. The average molecular weight is 337 g/mol. The van der Waals surface area contributed by atoms with E-state index in [1.807, 2.05) is 0 Å². The van der Waals surface area contributed by atoms with Gasteiger partial charge in [0.2, 0.25) is 0 Å². The van der Waals surface area contributed by atoms with Crippen molar-refractivity contribution in [2.45, 2.75) is 31.5 Å². The highest BCUT2D eigenvalue weighted by atomic mass is 32.3. The van der Waals surface area contributed by atoms with Crippen LogP contribution in [0.4, 0.5) is 0 Å². The molecule has 0 aromatic rings. The lowest BCUT2D eigenvalue weighted by Gasteiger charge is -2.41. The lowest BCUT2D eigenvalue weighted by Crippen LogP contribution is -2.62. The van der Waals surface area contributed by atoms with E-state index in [1.54, 1.807) is 0 Å². The predicted octanol–water partition coefficient (Wildman–Crippen LogP) is -2.72. The Labute approximate surface area is 115 Å². The Hall–Kier alpha value is -0.380. The van der Waals surface area contributed by atoms with Crippen LogP contribution in [0.25, 0.3) is 0 Å². The summed E-state index contributed by atoms with van der Waals surface area (Å²) in [4.78, 5) is 0. The molecule has 1 aliphatic heterocycles. The SMILES string of the molecule is CC1C(CO)OC(O)C(NS(=O)(=O)O)C1OS(=O)(=O)O. The lowest BCUT2D eigenvalue weighted by molar-refractivity contribution is -0.228. The summed E-state index contributed by atoms with van der Waals surface area (Å²) in [6, 6.07) is -1.70. The van der Waals surface area contributed by atoms with E-state index in [4.69, 9.17) is 18.9 Å². The Morgan fingerprint density at radius 2 is 1.80 bits per heavy atom. The number of rotatable bonds is 5. The lowest BCUT2D eigenvalue weighted by atomic mass is 9.90. The molecule has 1 saturated heterocycles. The van der Waals surface area contributed by atoms with Crippen LogP contribution in [0.15, 0.2) is 0 Å². The van der Waals surface area contributed by atoms with Crippen LogP contribution in [0.5, 0.6) is 0 Å². The van der Waals surface area contributed by atoms with Gasteiger partial charge in [0.25, 0.3) is 0 Å². The van der Waals surface area contributed by atoms with Crippen molar-refractivity contribution in [1.82, 2.24) is 4.72 Å². The van der Waals surface area contributed by atoms with Gasteiger partial charge in [-0.1, -0.05) is 6.92 Å². The van der Waals surface area contributed by atoms with Gasteiger partial charge in [0.05, 0.1) is 12.7 Å². The van der Waals surface area contributed by atoms with Crippen LogP contribution in [-0.4, -0.2) is 67.3 Å². The summed E-state index contributed by atoms with van der Waals surface area (Å²) in [6.07, 6.45) is -4.57. The maximum atomic E-state index is 10.8. The van der Waals surface area contributed by atoms with Crippen LogP contribution < -0.4 is 4.72 Å². The minimum atomic E-state index is -4.96. The van der Waals surface area contributed by atoms with E-state index >= 15 is 0 Å². The molecule has 0 saturated carbocycles. The Bertz CT molecular complexity index is 530. The monoisotopic (exact) mass is 337 g/mol. The van der Waals surface area contributed by atoms with Gasteiger partial charge >= 0.3 is 20.7 Å². The van der Waals surface area contributed by atoms with Crippen molar-refractivity contribution < 1.29 is 45.1 Å². The van der Waals surface area contributed by atoms with Gasteiger partial charge in [-0.25, -0.2) is 4.18 Å². The van der Waals surface area contributed by atoms with E-state index in [9.17, 15) is 21.9 Å². The third kappa shape index (κ3) is 4.87. The number of hydrogen-bond donors (Lipinski definition) is 5. The van der Waals surface area contributed by atoms with Gasteiger partial charge in [0.1, 0.15) is 12.1 Å². The van der Waals surface area contributed by atoms with Crippen molar-refractivity contribution in [3.05, 3.63) is 0 Å². The molecule has 1 fully saturated rings. The van der Waals surface area contributed by atoms with E-state index in [1.165, 1.54) is 11.6 Å². The van der Waals surface area contributed by atoms with Crippen LogP contribution in [0.1, 0.15) is 6.92 Å². The average Bonchev–Trinajstić information content (AvgIpc) is 2.25. The first-order valence-corrected chi connectivity index (χ1v) is 8.10. The Morgan fingerprint density at radius 3 is 2.20 bits per heavy atom. The molecule has 0 amide bonds. The van der Waals surface area contributed by atoms with Crippen molar-refractivity contribution in [1.29, 1.82) is 0 Å². The maximum Gasteiger partial charge on any atom is 0.397 e. The highest BCUT2D eigenvalue weighted by Gasteiger charge is 2.47. The summed E-state index contributed by atoms with van der Waals surface area (Å²) in [5.74, 6) is -0.926. The zero-order valence-corrected chi connectivity index (χ0v) is 11.8. The summed E-state index contributed by atoms with van der Waals surface area (Å²) in [6.45, 7) is 0.726. The van der Waals surface area contributed by atoms with Crippen molar-refractivity contribution in [2.24, 2.45) is 5.92 Å². The highest BCUT2D eigenvalue weighted by Crippen LogP contribution is 2.28. The summed E-state index contributed by atoms with van der Waals surface area (Å²) in [5.41, 5.74) is 0. The fraction of sp³-hybridized carbons (Fsp3) is 1.00. The van der Waals surface area contributed by atoms with Gasteiger partial charge in [0.15, 0.2) is 6.29 Å². The number of ether oxygens (including phenoxy) is 1. The zero-order chi connectivity index (χ0) is 15.7. The minimum absolute atomic E-state index is 0.609. The number of aliphatic hydroxyl groups is 2. The standard InChI is InChI=1S/C7H15NO10S2/c1-3-4(2-9)17-7(10)5(8-19(11,12)13)6(3)18-20(14,15)16/h3-10H,2H2,1H3,(H,11,12,13)(H,14,15,16). The maximum absolute atomic E-state index is 10.8. The zero-order valence-electron chi connectivity index (χ0n) is 10.1. The van der Waals surface area contributed by atoms with Crippen LogP contribution >= 0.6 is 0 Å². The molecule has 120 valence electrons. The molecule has 13 heteroatoms. The van der Waals surface area contributed by atoms with Crippen LogP contribution in [-0.2, 0) is 29.6 Å². The third-order valence-electron chi connectivity index (χ3n) is 2.78. The molecule has 0 bridgehead atoms. The van der Waals surface area contributed by atoms with Crippen LogP contribution in [0, 0.1) is 5.92 Å². The molecule has 1 aliphatic rings. The first-order valence-electron chi connectivity index (χ1n) is 5.29. The molecule has 0 aromatic carbocycles. The molecule has 0 spiro atoms. The molecule has 20 heavy (non-hydrogen) atoms. The topological polar surface area (TPSA) is 180 Å². The van der Waals surface area contributed by atoms with Gasteiger partial charge in [-0.05, 0) is 0 Å². The highest BCUT2D eigenvalue weighted by molar-refractivity contribution is 7.83. The third-order valence-corrected chi connectivity index (χ3v) is 3.81. The summed E-state index contributed by atoms with van der Waals surface area (Å²) in [7, 11) is -9.77. The molecule has 0 aliphatic carbocycles. The molecule has 1 heterocycles. The molecule has 0 radical (unpaired) electrons. The number of aliphatic hydroxyl groups excluding tert-OH is 2. The van der Waals surface area contributed by atoms with Crippen molar-refractivity contribution in [3.63, 3.8) is 0 Å². The second-order valence-corrected chi connectivity index (χ2v) is 6.45. The molecule has 5 unspecified atom stereocenters. The smallest absolute Gasteiger partial charge is 0.394 e. The van der Waals surface area contributed by atoms with Gasteiger partial charge in [-0.2, -0.15) is 21.6 Å². The van der Waals surface area contributed by atoms with Crippen molar-refractivity contribution in [2.75, 3.05) is 6.61 Å². The van der Waals surface area contributed by atoms with Gasteiger partial charge in [-0.15, -0.1) is 0 Å². The predicted molar refractivity (Wildman–Crippen MR) is 62.0 cm³/mol. The van der Waals surface area contributed by atoms with E-state index < -0.39 is 57.8 Å². The second-order valence-electron chi connectivity index (χ2n) is 4.21. The van der Waals surface area contributed by atoms with Gasteiger partial charge < -0.3 is 14.9 Å². The van der Waals surface area contributed by atoms with Crippen molar-refractivity contribution in [3.8, 4) is 0 Å². The Kier molecular flexibility index (Phi) is 5.45. The first-order chi connectivity index (χ1) is 8.94. The summed E-state index contributed by atoms with van der Waals surface area (Å²) >= 11 is 0. The molecule has 5 atom stereocenters. The van der Waals surface area contributed by atoms with Crippen LogP contribution in [0.3, 0.4) is 0 Å². The molecule has 11 nitrogen and oxygen atoms in total. The first kappa shape index (κ1) is 17.7. The normalized spacial score (nSPS) is 36.0. The van der Waals surface area contributed by atoms with E-state index in [2.05, 4.69) is 4.18 Å². The van der Waals surface area contributed by atoms with E-state index in [-0.39, 0.29) is 0 Å². The summed E-state index contributed by atoms with van der Waals surface area (Å²) < 4.78 is 71.1. The largest absolute Gasteiger partial charge is 0.397 e. The number of hydrogen-bond acceptors (Lipinski definition) is 8. The van der Waals surface area contributed by atoms with E-state index in [0.29, 0.717) is 0 Å². The van der Waals surface area contributed by atoms with Crippen molar-refractivity contribution >= 4 is 20.7 Å². The molecule has 5 N–H and O–H groups in total. The fourth-order valence-electron chi connectivity index (χ4n) is 1.88. The number of nitrogens with one attached hydrogen (secondary N) is 1. The second kappa shape index (κ2) is 6.17.